The van der Waals surface area contributed by atoms with Gasteiger partial charge in [-0.3, -0.25) is 4.98 Å². The molecule has 2 N–H and O–H groups in total. The fourth-order valence-corrected chi connectivity index (χ4v) is 3.63. The van der Waals surface area contributed by atoms with Gasteiger partial charge in [-0.25, -0.2) is 9.97 Å². The fraction of sp³-hybridized carbons (Fsp3) is 0.391. The number of likely N-dealkylation sites (N-methyl/N-ethyl adjacent to an activating group) is 1. The Morgan fingerprint density at radius 3 is 2.75 bits per heavy atom. The molecule has 1 fully saturated rings. The first-order chi connectivity index (χ1) is 15.8. The van der Waals surface area contributed by atoms with E-state index in [4.69, 9.17) is 14.5 Å². The molecule has 32 heavy (non-hydrogen) atoms. The molecule has 3 aromatic rings. The minimum atomic E-state index is 0.558. The molecular formula is C23H27N7O2. The van der Waals surface area contributed by atoms with Crippen molar-refractivity contribution in [2.24, 2.45) is 0 Å². The van der Waals surface area contributed by atoms with E-state index >= 15 is 0 Å². The van der Waals surface area contributed by atoms with Crippen molar-refractivity contribution in [1.29, 1.82) is 5.26 Å². The van der Waals surface area contributed by atoms with Crippen LogP contribution in [0.2, 0.25) is 0 Å². The number of aromatic nitrogens is 3. The fourth-order valence-electron chi connectivity index (χ4n) is 3.63. The van der Waals surface area contributed by atoms with Gasteiger partial charge in [0.25, 0.3) is 0 Å². The summed E-state index contributed by atoms with van der Waals surface area (Å²) in [4.78, 5) is 15.9. The summed E-state index contributed by atoms with van der Waals surface area (Å²) in [5.74, 6) is 0.651. The normalized spacial score (nSPS) is 13.8. The molecule has 1 aromatic carbocycles. The van der Waals surface area contributed by atoms with E-state index in [1.54, 1.807) is 12.4 Å². The Morgan fingerprint density at radius 2 is 1.94 bits per heavy atom. The molecule has 3 heterocycles. The van der Waals surface area contributed by atoms with Gasteiger partial charge in [-0.1, -0.05) is 6.07 Å². The van der Waals surface area contributed by atoms with Crippen molar-refractivity contribution in [2.45, 2.75) is 0 Å². The van der Waals surface area contributed by atoms with Crippen LogP contribution in [-0.4, -0.2) is 74.6 Å². The number of hydrogen-bond acceptors (Lipinski definition) is 9. The second-order valence-corrected chi connectivity index (χ2v) is 7.37. The van der Waals surface area contributed by atoms with Crippen LogP contribution < -0.4 is 15.5 Å². The molecule has 0 atom stereocenters. The summed E-state index contributed by atoms with van der Waals surface area (Å²) in [7, 11) is 1.90. The Kier molecular flexibility index (Phi) is 7.40. The third kappa shape index (κ3) is 5.11. The van der Waals surface area contributed by atoms with Crippen LogP contribution in [0.3, 0.4) is 0 Å². The van der Waals surface area contributed by atoms with E-state index in [2.05, 4.69) is 31.6 Å². The van der Waals surface area contributed by atoms with E-state index in [1.807, 2.05) is 31.3 Å². The minimum Gasteiger partial charge on any atom is -0.378 e. The zero-order valence-electron chi connectivity index (χ0n) is 18.2. The van der Waals surface area contributed by atoms with Gasteiger partial charge in [-0.15, -0.1) is 0 Å². The Balaban J connectivity index is 1.60. The number of pyridine rings is 1. The van der Waals surface area contributed by atoms with Gasteiger partial charge in [-0.2, -0.15) is 5.26 Å². The molecule has 1 saturated heterocycles. The first kappa shape index (κ1) is 21.9. The monoisotopic (exact) mass is 433 g/mol. The Morgan fingerprint density at radius 1 is 1.12 bits per heavy atom. The van der Waals surface area contributed by atoms with Gasteiger partial charge in [0, 0.05) is 44.1 Å². The highest BCUT2D eigenvalue weighted by molar-refractivity contribution is 5.88. The molecule has 0 saturated carbocycles. The minimum absolute atomic E-state index is 0.558. The molecule has 4 rings (SSSR count). The summed E-state index contributed by atoms with van der Waals surface area (Å²) >= 11 is 0. The van der Waals surface area contributed by atoms with Gasteiger partial charge < -0.3 is 25.0 Å². The highest BCUT2D eigenvalue weighted by Gasteiger charge is 2.17. The predicted molar refractivity (Wildman–Crippen MR) is 124 cm³/mol. The van der Waals surface area contributed by atoms with Crippen molar-refractivity contribution in [2.75, 3.05) is 69.9 Å². The van der Waals surface area contributed by atoms with E-state index in [9.17, 15) is 5.26 Å². The molecule has 0 aliphatic carbocycles. The van der Waals surface area contributed by atoms with Crippen LogP contribution in [0.1, 0.15) is 5.56 Å². The number of anilines is 2. The molecule has 0 radical (unpaired) electrons. The molecular weight excluding hydrogens is 406 g/mol. The van der Waals surface area contributed by atoms with Gasteiger partial charge in [0.15, 0.2) is 5.82 Å². The number of nitrogens with one attached hydrogen (secondary N) is 2. The van der Waals surface area contributed by atoms with Crippen LogP contribution >= 0.6 is 0 Å². The molecule has 1 aliphatic heterocycles. The van der Waals surface area contributed by atoms with Crippen molar-refractivity contribution < 1.29 is 9.47 Å². The maximum Gasteiger partial charge on any atom is 0.154 e. The summed E-state index contributed by atoms with van der Waals surface area (Å²) in [5.41, 5.74) is 4.60. The Labute approximate surface area is 187 Å². The average Bonchev–Trinajstić information content (AvgIpc) is 2.86. The van der Waals surface area contributed by atoms with E-state index in [0.29, 0.717) is 49.9 Å². The third-order valence-electron chi connectivity index (χ3n) is 5.26. The lowest BCUT2D eigenvalue weighted by atomic mass is 10.0. The largest absolute Gasteiger partial charge is 0.378 e. The van der Waals surface area contributed by atoms with Crippen molar-refractivity contribution in [3.63, 3.8) is 0 Å². The van der Waals surface area contributed by atoms with Crippen LogP contribution in [0.25, 0.3) is 22.3 Å². The lowest BCUT2D eigenvalue weighted by molar-refractivity contribution is 0.122. The molecule has 2 aromatic heterocycles. The molecule has 166 valence electrons. The number of rotatable bonds is 9. The van der Waals surface area contributed by atoms with Gasteiger partial charge >= 0.3 is 0 Å². The van der Waals surface area contributed by atoms with Crippen LogP contribution in [0.15, 0.2) is 36.7 Å². The third-order valence-corrected chi connectivity index (χ3v) is 5.26. The zero-order valence-corrected chi connectivity index (χ0v) is 18.2. The van der Waals surface area contributed by atoms with E-state index in [0.717, 1.165) is 42.1 Å². The molecule has 0 spiro atoms. The summed E-state index contributed by atoms with van der Waals surface area (Å²) < 4.78 is 11.0. The number of benzene rings is 1. The van der Waals surface area contributed by atoms with E-state index < -0.39 is 0 Å². The van der Waals surface area contributed by atoms with Crippen LogP contribution in [-0.2, 0) is 9.47 Å². The van der Waals surface area contributed by atoms with Crippen LogP contribution in [0.5, 0.6) is 0 Å². The van der Waals surface area contributed by atoms with Gasteiger partial charge in [0.2, 0.25) is 0 Å². The molecule has 1 aliphatic rings. The average molecular weight is 434 g/mol. The highest BCUT2D eigenvalue weighted by Crippen LogP contribution is 2.30. The highest BCUT2D eigenvalue weighted by atomic mass is 16.5. The molecule has 0 bridgehead atoms. The molecule has 0 unspecified atom stereocenters. The summed E-state index contributed by atoms with van der Waals surface area (Å²) in [6.07, 6.45) is 3.32. The zero-order chi connectivity index (χ0) is 22.2. The van der Waals surface area contributed by atoms with Crippen LogP contribution in [0, 0.1) is 11.3 Å². The van der Waals surface area contributed by atoms with Crippen molar-refractivity contribution >= 4 is 22.5 Å². The smallest absolute Gasteiger partial charge is 0.154 e. The van der Waals surface area contributed by atoms with Gasteiger partial charge in [0.1, 0.15) is 11.6 Å². The van der Waals surface area contributed by atoms with Crippen molar-refractivity contribution in [1.82, 2.24) is 20.3 Å². The first-order valence-corrected chi connectivity index (χ1v) is 10.8. The molecule has 9 nitrogen and oxygen atoms in total. The second kappa shape index (κ2) is 10.8. The summed E-state index contributed by atoms with van der Waals surface area (Å²) in [6.45, 7) is 5.52. The number of hydrogen-bond donors (Lipinski definition) is 2. The van der Waals surface area contributed by atoms with Gasteiger partial charge in [0.05, 0.1) is 48.9 Å². The summed E-state index contributed by atoms with van der Waals surface area (Å²) in [6, 6.07) is 10.1. The lowest BCUT2D eigenvalue weighted by Crippen LogP contribution is -2.36. The van der Waals surface area contributed by atoms with Crippen molar-refractivity contribution in [3.05, 3.63) is 42.2 Å². The Bertz CT molecular complexity index is 1090. The predicted octanol–water partition coefficient (Wildman–Crippen LogP) is 2.05. The number of fused-ring (bicyclic) bond motifs is 1. The van der Waals surface area contributed by atoms with Crippen molar-refractivity contribution in [3.8, 4) is 17.3 Å². The topological polar surface area (TPSA) is 108 Å². The molecule has 0 amide bonds. The number of morpholine rings is 1. The van der Waals surface area contributed by atoms with Gasteiger partial charge in [-0.05, 0) is 25.2 Å². The lowest BCUT2D eigenvalue weighted by Gasteiger charge is -2.29. The first-order valence-electron chi connectivity index (χ1n) is 10.8. The maximum absolute atomic E-state index is 9.77. The number of nitrogens with zero attached hydrogens (tertiary/aromatic N) is 5. The number of ether oxygens (including phenoxy) is 2. The SMILES string of the molecule is CNCCOCCNc1nc(-c2ccc(N3CCOCC3)c(C#N)c2)cc2nccnc12. The second-order valence-electron chi connectivity index (χ2n) is 7.37. The van der Waals surface area contributed by atoms with E-state index in [-0.39, 0.29) is 0 Å². The number of nitriles is 1. The maximum atomic E-state index is 9.77. The Hall–Kier alpha value is -3.32. The standard InChI is InChI=1S/C23H27N7O2/c1-25-6-10-31-11-7-28-23-22-20(26-4-5-27-22)15-19(29-23)17-2-3-21(18(14-17)16-24)30-8-12-32-13-9-30/h2-5,14-15,25H,6-13H2,1H3,(H,28,29). The summed E-state index contributed by atoms with van der Waals surface area (Å²) in [5, 5.41) is 16.1. The quantitative estimate of drug-likeness (QED) is 0.490. The molecule has 9 heteroatoms. The van der Waals surface area contributed by atoms with Crippen LogP contribution in [0.4, 0.5) is 11.5 Å². The van der Waals surface area contributed by atoms with E-state index in [1.165, 1.54) is 0 Å².